The maximum atomic E-state index is 11.4. The van der Waals surface area contributed by atoms with Crippen molar-refractivity contribution in [3.8, 4) is 5.75 Å². The van der Waals surface area contributed by atoms with Crippen molar-refractivity contribution in [1.29, 1.82) is 0 Å². The first-order valence-electron chi connectivity index (χ1n) is 4.79. The second kappa shape index (κ2) is 6.17. The third kappa shape index (κ3) is 3.57. The van der Waals surface area contributed by atoms with Crippen LogP contribution in [0.3, 0.4) is 0 Å². The quantitative estimate of drug-likeness (QED) is 0.712. The minimum atomic E-state index is -0.432. The zero-order chi connectivity index (χ0) is 12.3. The third-order valence-electron chi connectivity index (χ3n) is 2.06. The average Bonchev–Trinajstić information content (AvgIpc) is 2.21. The summed E-state index contributed by atoms with van der Waals surface area (Å²) >= 11 is 10.2. The Labute approximate surface area is 120 Å². The number of carbonyl (C=O) groups is 1. The molecule has 0 heterocycles. The molecule has 0 aromatic heterocycles. The Morgan fingerprint density at radius 2 is 1.81 bits per heavy atom. The number of ketones is 1. The van der Waals surface area contributed by atoms with Crippen LogP contribution < -0.4 is 4.74 Å². The summed E-state index contributed by atoms with van der Waals surface area (Å²) in [6.45, 7) is 3.58. The standard InChI is InChI=1S/C11H11Br3O2/c1-3-10(15)6(2)16-11-8(13)4-7(12)5-9(11)14/h4-6H,3H2,1-2H3. The zero-order valence-corrected chi connectivity index (χ0v) is 13.6. The second-order valence-electron chi connectivity index (χ2n) is 3.28. The molecule has 0 saturated carbocycles. The van der Waals surface area contributed by atoms with E-state index in [-0.39, 0.29) is 5.78 Å². The number of ether oxygens (including phenoxy) is 1. The molecule has 0 saturated heterocycles. The Kier molecular flexibility index (Phi) is 5.47. The van der Waals surface area contributed by atoms with Crippen LogP contribution in [0.2, 0.25) is 0 Å². The molecule has 1 aromatic rings. The van der Waals surface area contributed by atoms with Gasteiger partial charge in [0.15, 0.2) is 11.9 Å². The van der Waals surface area contributed by atoms with Gasteiger partial charge in [0.25, 0.3) is 0 Å². The Balaban J connectivity index is 2.93. The van der Waals surface area contributed by atoms with Crippen LogP contribution in [-0.2, 0) is 4.79 Å². The van der Waals surface area contributed by atoms with E-state index in [4.69, 9.17) is 4.74 Å². The molecule has 0 aliphatic carbocycles. The van der Waals surface area contributed by atoms with Gasteiger partial charge < -0.3 is 4.74 Å². The Morgan fingerprint density at radius 1 is 1.31 bits per heavy atom. The molecule has 16 heavy (non-hydrogen) atoms. The van der Waals surface area contributed by atoms with Gasteiger partial charge in [0, 0.05) is 10.9 Å². The lowest BCUT2D eigenvalue weighted by Gasteiger charge is -2.15. The molecule has 0 amide bonds. The van der Waals surface area contributed by atoms with Gasteiger partial charge in [-0.2, -0.15) is 0 Å². The van der Waals surface area contributed by atoms with Crippen molar-refractivity contribution in [1.82, 2.24) is 0 Å². The summed E-state index contributed by atoms with van der Waals surface area (Å²) in [5, 5.41) is 0. The first-order chi connectivity index (χ1) is 7.45. The summed E-state index contributed by atoms with van der Waals surface area (Å²) in [6.07, 6.45) is 0.0474. The number of Topliss-reactive ketones (excluding diaryl/α,β-unsaturated/α-hetero) is 1. The van der Waals surface area contributed by atoms with E-state index in [1.807, 2.05) is 19.1 Å². The molecule has 1 unspecified atom stereocenters. The molecule has 0 aliphatic heterocycles. The molecule has 0 fully saturated rings. The summed E-state index contributed by atoms with van der Waals surface area (Å²) in [6, 6.07) is 3.76. The maximum absolute atomic E-state index is 11.4. The topological polar surface area (TPSA) is 26.3 Å². The highest BCUT2D eigenvalue weighted by Gasteiger charge is 2.16. The molecular weight excluding hydrogens is 404 g/mol. The van der Waals surface area contributed by atoms with E-state index in [9.17, 15) is 4.79 Å². The molecule has 0 bridgehead atoms. The summed E-state index contributed by atoms with van der Waals surface area (Å²) in [5.74, 6) is 0.735. The van der Waals surface area contributed by atoms with Gasteiger partial charge in [0.2, 0.25) is 0 Å². The fourth-order valence-corrected chi connectivity index (χ4v) is 3.62. The first kappa shape index (κ1) is 14.2. The first-order valence-corrected chi connectivity index (χ1v) is 7.17. The number of halogens is 3. The Bertz CT molecular complexity index is 381. The lowest BCUT2D eigenvalue weighted by Crippen LogP contribution is -2.23. The predicted molar refractivity (Wildman–Crippen MR) is 74.9 cm³/mol. The van der Waals surface area contributed by atoms with Gasteiger partial charge in [-0.15, -0.1) is 0 Å². The summed E-state index contributed by atoms with van der Waals surface area (Å²) in [4.78, 5) is 11.4. The van der Waals surface area contributed by atoms with E-state index < -0.39 is 6.10 Å². The van der Waals surface area contributed by atoms with Gasteiger partial charge in [-0.25, -0.2) is 0 Å². The number of rotatable bonds is 4. The molecule has 0 aliphatic rings. The van der Waals surface area contributed by atoms with E-state index in [0.717, 1.165) is 13.4 Å². The highest BCUT2D eigenvalue weighted by Crippen LogP contribution is 2.37. The van der Waals surface area contributed by atoms with E-state index in [1.165, 1.54) is 0 Å². The van der Waals surface area contributed by atoms with Crippen molar-refractivity contribution in [2.75, 3.05) is 0 Å². The van der Waals surface area contributed by atoms with E-state index in [2.05, 4.69) is 47.8 Å². The van der Waals surface area contributed by atoms with Crippen LogP contribution in [0.15, 0.2) is 25.6 Å². The highest BCUT2D eigenvalue weighted by atomic mass is 79.9. The van der Waals surface area contributed by atoms with Crippen LogP contribution in [-0.4, -0.2) is 11.9 Å². The van der Waals surface area contributed by atoms with Crippen LogP contribution >= 0.6 is 47.8 Å². The van der Waals surface area contributed by atoms with Gasteiger partial charge in [0.05, 0.1) is 8.95 Å². The largest absolute Gasteiger partial charge is 0.481 e. The van der Waals surface area contributed by atoms with E-state index in [1.54, 1.807) is 6.92 Å². The predicted octanol–water partition coefficient (Wildman–Crippen LogP) is 4.72. The fraction of sp³-hybridized carbons (Fsp3) is 0.364. The lowest BCUT2D eigenvalue weighted by molar-refractivity contribution is -0.124. The number of hydrogen-bond donors (Lipinski definition) is 0. The van der Waals surface area contributed by atoms with Crippen LogP contribution in [0, 0.1) is 0 Å². The smallest absolute Gasteiger partial charge is 0.172 e. The van der Waals surface area contributed by atoms with E-state index in [0.29, 0.717) is 12.2 Å². The molecule has 0 radical (unpaired) electrons. The van der Waals surface area contributed by atoms with Gasteiger partial charge in [-0.3, -0.25) is 4.79 Å². The Morgan fingerprint density at radius 3 is 2.25 bits per heavy atom. The average molecular weight is 415 g/mol. The molecule has 5 heteroatoms. The summed E-state index contributed by atoms with van der Waals surface area (Å²) in [7, 11) is 0. The molecule has 88 valence electrons. The van der Waals surface area contributed by atoms with Crippen molar-refractivity contribution < 1.29 is 9.53 Å². The number of carbonyl (C=O) groups excluding carboxylic acids is 1. The number of benzene rings is 1. The zero-order valence-electron chi connectivity index (χ0n) is 8.89. The highest BCUT2D eigenvalue weighted by molar-refractivity contribution is 9.11. The fourth-order valence-electron chi connectivity index (χ4n) is 1.17. The van der Waals surface area contributed by atoms with Gasteiger partial charge in [-0.05, 0) is 50.9 Å². The van der Waals surface area contributed by atoms with Crippen molar-refractivity contribution in [2.24, 2.45) is 0 Å². The van der Waals surface area contributed by atoms with Crippen molar-refractivity contribution in [3.05, 3.63) is 25.6 Å². The summed E-state index contributed by atoms with van der Waals surface area (Å²) < 4.78 is 8.18. The molecule has 1 atom stereocenters. The minimum Gasteiger partial charge on any atom is -0.481 e. The maximum Gasteiger partial charge on any atom is 0.172 e. The van der Waals surface area contributed by atoms with Crippen LogP contribution in [0.4, 0.5) is 0 Å². The summed E-state index contributed by atoms with van der Waals surface area (Å²) in [5.41, 5.74) is 0. The van der Waals surface area contributed by atoms with Crippen LogP contribution in [0.1, 0.15) is 20.3 Å². The monoisotopic (exact) mass is 412 g/mol. The second-order valence-corrected chi connectivity index (χ2v) is 5.90. The SMILES string of the molecule is CCC(=O)C(C)Oc1c(Br)cc(Br)cc1Br. The van der Waals surface area contributed by atoms with Gasteiger partial charge >= 0.3 is 0 Å². The molecule has 0 spiro atoms. The normalized spacial score (nSPS) is 12.3. The van der Waals surface area contributed by atoms with Gasteiger partial charge in [0.1, 0.15) is 5.75 Å². The van der Waals surface area contributed by atoms with Gasteiger partial charge in [-0.1, -0.05) is 22.9 Å². The van der Waals surface area contributed by atoms with Crippen LogP contribution in [0.5, 0.6) is 5.75 Å². The minimum absolute atomic E-state index is 0.0849. The van der Waals surface area contributed by atoms with Crippen molar-refractivity contribution in [3.63, 3.8) is 0 Å². The van der Waals surface area contributed by atoms with Crippen molar-refractivity contribution in [2.45, 2.75) is 26.4 Å². The molecule has 2 nitrogen and oxygen atoms in total. The number of hydrogen-bond acceptors (Lipinski definition) is 2. The molecule has 1 rings (SSSR count). The third-order valence-corrected chi connectivity index (χ3v) is 3.70. The molecular formula is C11H11Br3O2. The molecule has 0 N–H and O–H groups in total. The van der Waals surface area contributed by atoms with Crippen LogP contribution in [0.25, 0.3) is 0 Å². The van der Waals surface area contributed by atoms with Crippen molar-refractivity contribution >= 4 is 53.6 Å². The van der Waals surface area contributed by atoms with E-state index >= 15 is 0 Å². The Hall–Kier alpha value is 0.130. The molecule has 1 aromatic carbocycles. The lowest BCUT2D eigenvalue weighted by atomic mass is 10.2.